The zero-order valence-corrected chi connectivity index (χ0v) is 11.6. The second kappa shape index (κ2) is 12.4. The summed E-state index contributed by atoms with van der Waals surface area (Å²) in [6.07, 6.45) is 5.23. The molecule has 0 aromatic heterocycles. The summed E-state index contributed by atoms with van der Waals surface area (Å²) in [5, 5.41) is 5.47. The van der Waals surface area contributed by atoms with Gasteiger partial charge in [-0.25, -0.2) is 0 Å². The summed E-state index contributed by atoms with van der Waals surface area (Å²) in [5.74, 6) is -0.324. The van der Waals surface area contributed by atoms with Crippen molar-refractivity contribution >= 4 is 11.8 Å². The Kier molecular flexibility index (Phi) is 11.6. The highest BCUT2D eigenvalue weighted by Gasteiger charge is 2.04. The Bertz CT molecular complexity index is 232. The van der Waals surface area contributed by atoms with E-state index in [4.69, 9.17) is 4.74 Å². The van der Waals surface area contributed by atoms with Crippen LogP contribution in [-0.4, -0.2) is 38.1 Å². The van der Waals surface area contributed by atoms with Crippen molar-refractivity contribution in [3.63, 3.8) is 0 Å². The molecule has 18 heavy (non-hydrogen) atoms. The second-order valence-corrected chi connectivity index (χ2v) is 4.25. The van der Waals surface area contributed by atoms with Crippen molar-refractivity contribution in [2.75, 3.05) is 26.3 Å². The third kappa shape index (κ3) is 11.4. The van der Waals surface area contributed by atoms with Crippen LogP contribution in [0.1, 0.15) is 46.0 Å². The number of nitrogens with one attached hydrogen (secondary N) is 2. The number of hydrogen-bond donors (Lipinski definition) is 2. The lowest BCUT2D eigenvalue weighted by molar-refractivity contribution is -0.130. The van der Waals surface area contributed by atoms with Crippen LogP contribution >= 0.6 is 0 Å². The summed E-state index contributed by atoms with van der Waals surface area (Å²) < 4.78 is 5.02. The summed E-state index contributed by atoms with van der Waals surface area (Å²) in [7, 11) is 0. The fourth-order valence-electron chi connectivity index (χ4n) is 1.35. The number of ether oxygens (including phenoxy) is 1. The van der Waals surface area contributed by atoms with E-state index in [2.05, 4.69) is 24.5 Å². The molecular formula is C13H26N2O3. The molecule has 0 aliphatic heterocycles. The number of carbonyl (C=O) groups is 2. The molecule has 0 aliphatic rings. The summed E-state index contributed by atoms with van der Waals surface area (Å²) >= 11 is 0. The average molecular weight is 258 g/mol. The molecule has 0 saturated heterocycles. The van der Waals surface area contributed by atoms with Crippen LogP contribution in [0.2, 0.25) is 0 Å². The molecule has 106 valence electrons. The molecule has 0 aromatic rings. The lowest BCUT2D eigenvalue weighted by Gasteiger charge is -2.06. The fraction of sp³-hybridized carbons (Fsp3) is 0.846. The molecule has 2 amide bonds. The molecule has 0 aromatic carbocycles. The highest BCUT2D eigenvalue weighted by atomic mass is 16.5. The van der Waals surface area contributed by atoms with Gasteiger partial charge >= 0.3 is 0 Å². The van der Waals surface area contributed by atoms with Gasteiger partial charge in [0.05, 0.1) is 0 Å². The zero-order chi connectivity index (χ0) is 13.6. The lowest BCUT2D eigenvalue weighted by Crippen LogP contribution is -2.32. The van der Waals surface area contributed by atoms with Crippen LogP contribution in [0.5, 0.6) is 0 Å². The highest BCUT2D eigenvalue weighted by Crippen LogP contribution is 1.91. The van der Waals surface area contributed by atoms with Gasteiger partial charge in [-0.05, 0) is 12.8 Å². The first-order valence-electron chi connectivity index (χ1n) is 6.81. The number of hydrogen-bond acceptors (Lipinski definition) is 3. The summed E-state index contributed by atoms with van der Waals surface area (Å²) in [6, 6.07) is 0. The Balaban J connectivity index is 3.35. The van der Waals surface area contributed by atoms with E-state index < -0.39 is 0 Å². The quantitative estimate of drug-likeness (QED) is 0.548. The number of carbonyl (C=O) groups excluding carboxylic acids is 2. The molecule has 0 atom stereocenters. The van der Waals surface area contributed by atoms with Crippen LogP contribution < -0.4 is 10.6 Å². The van der Waals surface area contributed by atoms with Gasteiger partial charge in [0.25, 0.3) is 0 Å². The third-order valence-corrected chi connectivity index (χ3v) is 2.42. The predicted octanol–water partition coefficient (Wildman–Crippen LogP) is 1.23. The molecule has 5 heteroatoms. The monoisotopic (exact) mass is 258 g/mol. The van der Waals surface area contributed by atoms with Crippen LogP contribution in [0, 0.1) is 0 Å². The van der Waals surface area contributed by atoms with Crippen molar-refractivity contribution in [3.8, 4) is 0 Å². The maximum atomic E-state index is 11.3. The van der Waals surface area contributed by atoms with Crippen LogP contribution in [0.15, 0.2) is 0 Å². The minimum Gasteiger partial charge on any atom is -0.362 e. The van der Waals surface area contributed by atoms with E-state index in [1.807, 2.05) is 0 Å². The molecule has 0 heterocycles. The van der Waals surface area contributed by atoms with Crippen molar-refractivity contribution in [2.24, 2.45) is 0 Å². The van der Waals surface area contributed by atoms with Crippen molar-refractivity contribution in [3.05, 3.63) is 0 Å². The van der Waals surface area contributed by atoms with Gasteiger partial charge in [-0.3, -0.25) is 9.59 Å². The largest absolute Gasteiger partial charge is 0.362 e. The van der Waals surface area contributed by atoms with Gasteiger partial charge < -0.3 is 15.4 Å². The lowest BCUT2D eigenvalue weighted by atomic mass is 10.2. The van der Waals surface area contributed by atoms with Gasteiger partial charge in [0, 0.05) is 13.1 Å². The van der Waals surface area contributed by atoms with Crippen molar-refractivity contribution in [2.45, 2.75) is 46.0 Å². The molecule has 0 bridgehead atoms. The van der Waals surface area contributed by atoms with E-state index in [9.17, 15) is 9.59 Å². The van der Waals surface area contributed by atoms with E-state index >= 15 is 0 Å². The first-order valence-corrected chi connectivity index (χ1v) is 6.81. The molecule has 0 spiro atoms. The fourth-order valence-corrected chi connectivity index (χ4v) is 1.35. The molecule has 2 N–H and O–H groups in total. The van der Waals surface area contributed by atoms with Crippen LogP contribution in [0.25, 0.3) is 0 Å². The van der Waals surface area contributed by atoms with E-state index in [0.29, 0.717) is 13.1 Å². The molecule has 0 radical (unpaired) electrons. The normalized spacial score (nSPS) is 10.1. The van der Waals surface area contributed by atoms with Crippen molar-refractivity contribution in [1.82, 2.24) is 10.6 Å². The first-order chi connectivity index (χ1) is 8.70. The van der Waals surface area contributed by atoms with E-state index in [1.165, 1.54) is 0 Å². The maximum Gasteiger partial charge on any atom is 0.246 e. The minimum atomic E-state index is -0.165. The Hall–Kier alpha value is -1.10. The van der Waals surface area contributed by atoms with E-state index in [-0.39, 0.29) is 25.0 Å². The molecule has 0 saturated carbocycles. The SMILES string of the molecule is CCCCCNC(=O)COCC(=O)NCCCC. The Morgan fingerprint density at radius 3 is 1.83 bits per heavy atom. The molecule has 5 nitrogen and oxygen atoms in total. The summed E-state index contributed by atoms with van der Waals surface area (Å²) in [4.78, 5) is 22.5. The molecule has 0 unspecified atom stereocenters. The third-order valence-electron chi connectivity index (χ3n) is 2.42. The minimum absolute atomic E-state index is 0.0483. The number of rotatable bonds is 11. The van der Waals surface area contributed by atoms with Gasteiger partial charge in [-0.1, -0.05) is 33.1 Å². The van der Waals surface area contributed by atoms with Crippen LogP contribution in [0.3, 0.4) is 0 Å². The van der Waals surface area contributed by atoms with Crippen molar-refractivity contribution in [1.29, 1.82) is 0 Å². The molecular weight excluding hydrogens is 232 g/mol. The van der Waals surface area contributed by atoms with E-state index in [1.54, 1.807) is 0 Å². The Morgan fingerprint density at radius 2 is 1.33 bits per heavy atom. The van der Waals surface area contributed by atoms with Gasteiger partial charge in [0.1, 0.15) is 13.2 Å². The molecule has 0 aliphatic carbocycles. The first kappa shape index (κ1) is 16.9. The summed E-state index contributed by atoms with van der Waals surface area (Å²) in [5.41, 5.74) is 0. The zero-order valence-electron chi connectivity index (χ0n) is 11.6. The topological polar surface area (TPSA) is 67.4 Å². The van der Waals surface area contributed by atoms with Gasteiger partial charge in [-0.15, -0.1) is 0 Å². The Morgan fingerprint density at radius 1 is 0.833 bits per heavy atom. The van der Waals surface area contributed by atoms with Crippen molar-refractivity contribution < 1.29 is 14.3 Å². The smallest absolute Gasteiger partial charge is 0.246 e. The predicted molar refractivity (Wildman–Crippen MR) is 71.3 cm³/mol. The summed E-state index contributed by atoms with van der Waals surface area (Å²) in [6.45, 7) is 5.42. The van der Waals surface area contributed by atoms with Gasteiger partial charge in [0.2, 0.25) is 11.8 Å². The van der Waals surface area contributed by atoms with E-state index in [0.717, 1.165) is 32.1 Å². The number of unbranched alkanes of at least 4 members (excludes halogenated alkanes) is 3. The standard InChI is InChI=1S/C13H26N2O3/c1-3-5-7-9-15-13(17)11-18-10-12(16)14-8-6-4-2/h3-11H2,1-2H3,(H,14,16)(H,15,17). The van der Waals surface area contributed by atoms with Crippen LogP contribution in [0.4, 0.5) is 0 Å². The van der Waals surface area contributed by atoms with Crippen LogP contribution in [-0.2, 0) is 14.3 Å². The average Bonchev–Trinajstić information content (AvgIpc) is 2.35. The van der Waals surface area contributed by atoms with Gasteiger partial charge in [0.15, 0.2) is 0 Å². The second-order valence-electron chi connectivity index (χ2n) is 4.25. The maximum absolute atomic E-state index is 11.3. The highest BCUT2D eigenvalue weighted by molar-refractivity contribution is 5.79. The van der Waals surface area contributed by atoms with Gasteiger partial charge in [-0.2, -0.15) is 0 Å². The number of amides is 2. The molecule has 0 rings (SSSR count). The molecule has 0 fully saturated rings. The Labute approximate surface area is 110 Å².